The van der Waals surface area contributed by atoms with Gasteiger partial charge in [0.05, 0.1) is 25.0 Å². The second kappa shape index (κ2) is 9.96. The molecule has 164 valence electrons. The molecule has 0 saturated carbocycles. The number of benzene rings is 1. The Morgan fingerprint density at radius 3 is 2.71 bits per heavy atom. The number of fused-ring (bicyclic) bond motifs is 1. The van der Waals surface area contributed by atoms with E-state index in [9.17, 15) is 19.2 Å². The molecule has 10 heteroatoms. The zero-order valence-corrected chi connectivity index (χ0v) is 17.4. The van der Waals surface area contributed by atoms with Crippen LogP contribution in [-0.2, 0) is 38.8 Å². The molecule has 2 heterocycles. The second-order valence-electron chi connectivity index (χ2n) is 7.70. The number of aromatic nitrogens is 3. The SMILES string of the molecule is CC(C)C(NC(=O)OCc1ccccc1)C(=O)CC1Cn2ncnc2CNC(=O)C1=O. The summed E-state index contributed by atoms with van der Waals surface area (Å²) >= 11 is 0. The Bertz CT molecular complexity index is 956. The van der Waals surface area contributed by atoms with Crippen molar-refractivity contribution in [3.8, 4) is 0 Å². The van der Waals surface area contributed by atoms with E-state index in [-0.39, 0.29) is 37.8 Å². The van der Waals surface area contributed by atoms with E-state index < -0.39 is 29.7 Å². The molecule has 1 aliphatic rings. The van der Waals surface area contributed by atoms with Gasteiger partial charge in [0, 0.05) is 6.42 Å². The number of nitrogens with one attached hydrogen (secondary N) is 2. The van der Waals surface area contributed by atoms with E-state index in [1.807, 2.05) is 30.3 Å². The van der Waals surface area contributed by atoms with Gasteiger partial charge >= 0.3 is 6.09 Å². The molecular formula is C21H25N5O5. The van der Waals surface area contributed by atoms with E-state index in [0.29, 0.717) is 5.82 Å². The highest BCUT2D eigenvalue weighted by molar-refractivity contribution is 6.37. The quantitative estimate of drug-likeness (QED) is 0.630. The summed E-state index contributed by atoms with van der Waals surface area (Å²) in [4.78, 5) is 53.8. The number of alkyl carbamates (subject to hydrolysis) is 1. The highest BCUT2D eigenvalue weighted by Gasteiger charge is 2.34. The van der Waals surface area contributed by atoms with Crippen LogP contribution in [0.15, 0.2) is 36.7 Å². The number of ketones is 2. The topological polar surface area (TPSA) is 132 Å². The summed E-state index contributed by atoms with van der Waals surface area (Å²) in [5.41, 5.74) is 0.819. The van der Waals surface area contributed by atoms with Gasteiger partial charge in [-0.2, -0.15) is 5.10 Å². The van der Waals surface area contributed by atoms with Crippen LogP contribution in [0.3, 0.4) is 0 Å². The van der Waals surface area contributed by atoms with Gasteiger partial charge in [-0.3, -0.25) is 14.4 Å². The maximum absolute atomic E-state index is 13.0. The van der Waals surface area contributed by atoms with Crippen molar-refractivity contribution in [2.45, 2.75) is 46.0 Å². The monoisotopic (exact) mass is 427 g/mol. The molecule has 2 amide bonds. The molecule has 1 aliphatic heterocycles. The second-order valence-corrected chi connectivity index (χ2v) is 7.70. The fourth-order valence-electron chi connectivity index (χ4n) is 3.34. The summed E-state index contributed by atoms with van der Waals surface area (Å²) in [6.45, 7) is 3.79. The van der Waals surface area contributed by atoms with Crippen molar-refractivity contribution in [1.29, 1.82) is 0 Å². The first-order chi connectivity index (χ1) is 14.8. The number of hydrogen-bond donors (Lipinski definition) is 2. The van der Waals surface area contributed by atoms with Gasteiger partial charge in [-0.25, -0.2) is 14.5 Å². The van der Waals surface area contributed by atoms with Crippen LogP contribution in [0.5, 0.6) is 0 Å². The third-order valence-electron chi connectivity index (χ3n) is 5.04. The lowest BCUT2D eigenvalue weighted by Crippen LogP contribution is -2.47. The van der Waals surface area contributed by atoms with Gasteiger partial charge in [0.1, 0.15) is 18.8 Å². The van der Waals surface area contributed by atoms with Crippen molar-refractivity contribution in [2.24, 2.45) is 11.8 Å². The number of carbonyl (C=O) groups excluding carboxylic acids is 4. The van der Waals surface area contributed by atoms with E-state index in [4.69, 9.17) is 4.74 Å². The van der Waals surface area contributed by atoms with Crippen molar-refractivity contribution in [2.75, 3.05) is 0 Å². The third kappa shape index (κ3) is 5.74. The van der Waals surface area contributed by atoms with Crippen molar-refractivity contribution in [3.63, 3.8) is 0 Å². The predicted octanol–water partition coefficient (Wildman–Crippen LogP) is 1.00. The minimum atomic E-state index is -0.906. The molecule has 2 aromatic rings. The first-order valence-electron chi connectivity index (χ1n) is 10.0. The lowest BCUT2D eigenvalue weighted by molar-refractivity contribution is -0.142. The molecule has 0 spiro atoms. The standard InChI is InChI=1S/C21H25N5O5/c1-13(2)18(25-21(30)31-11-14-6-4-3-5-7-14)16(27)8-15-10-26-17(23-12-24-26)9-22-20(29)19(15)28/h3-7,12-13,15,18H,8-11H2,1-2H3,(H,22,29)(H,25,30). The Morgan fingerprint density at radius 2 is 2.00 bits per heavy atom. The molecule has 2 atom stereocenters. The lowest BCUT2D eigenvalue weighted by Gasteiger charge is -2.24. The highest BCUT2D eigenvalue weighted by Crippen LogP contribution is 2.16. The molecule has 2 unspecified atom stereocenters. The maximum Gasteiger partial charge on any atom is 0.408 e. The molecule has 0 saturated heterocycles. The van der Waals surface area contributed by atoms with E-state index in [0.717, 1.165) is 5.56 Å². The summed E-state index contributed by atoms with van der Waals surface area (Å²) in [5.74, 6) is -2.46. The van der Waals surface area contributed by atoms with Crippen molar-refractivity contribution < 1.29 is 23.9 Å². The summed E-state index contributed by atoms with van der Waals surface area (Å²) in [6, 6.07) is 8.31. The van der Waals surface area contributed by atoms with E-state index in [1.54, 1.807) is 13.8 Å². The van der Waals surface area contributed by atoms with E-state index >= 15 is 0 Å². The van der Waals surface area contributed by atoms with Gasteiger partial charge in [-0.1, -0.05) is 44.2 Å². The number of Topliss-reactive ketones (excluding diaryl/α,β-unsaturated/α-hetero) is 2. The van der Waals surface area contributed by atoms with Crippen LogP contribution < -0.4 is 10.6 Å². The minimum Gasteiger partial charge on any atom is -0.445 e. The van der Waals surface area contributed by atoms with Crippen molar-refractivity contribution >= 4 is 23.6 Å². The van der Waals surface area contributed by atoms with Crippen LogP contribution >= 0.6 is 0 Å². The Hall–Kier alpha value is -3.56. The number of amides is 2. The first-order valence-corrected chi connectivity index (χ1v) is 10.0. The first kappa shape index (κ1) is 22.1. The fourth-order valence-corrected chi connectivity index (χ4v) is 3.34. The summed E-state index contributed by atoms with van der Waals surface area (Å²) < 4.78 is 6.71. The number of nitrogens with zero attached hydrogens (tertiary/aromatic N) is 3. The van der Waals surface area contributed by atoms with Crippen LogP contribution in [0.25, 0.3) is 0 Å². The summed E-state index contributed by atoms with van der Waals surface area (Å²) in [7, 11) is 0. The van der Waals surface area contributed by atoms with Gasteiger partial charge in [0.15, 0.2) is 5.78 Å². The van der Waals surface area contributed by atoms with Gasteiger partial charge < -0.3 is 15.4 Å². The van der Waals surface area contributed by atoms with Gasteiger partial charge in [0.25, 0.3) is 5.91 Å². The van der Waals surface area contributed by atoms with E-state index in [1.165, 1.54) is 11.0 Å². The van der Waals surface area contributed by atoms with Gasteiger partial charge in [-0.05, 0) is 11.5 Å². The Morgan fingerprint density at radius 1 is 1.26 bits per heavy atom. The molecular weight excluding hydrogens is 402 g/mol. The van der Waals surface area contributed by atoms with Crippen LogP contribution in [0.4, 0.5) is 4.79 Å². The minimum absolute atomic E-state index is 0.0661. The maximum atomic E-state index is 13.0. The average molecular weight is 427 g/mol. The molecule has 0 fully saturated rings. The van der Waals surface area contributed by atoms with Crippen LogP contribution in [0.2, 0.25) is 0 Å². The van der Waals surface area contributed by atoms with Crippen LogP contribution in [-0.4, -0.2) is 44.4 Å². The van der Waals surface area contributed by atoms with Crippen molar-refractivity contribution in [1.82, 2.24) is 25.4 Å². The molecule has 1 aromatic heterocycles. The average Bonchev–Trinajstić information content (AvgIpc) is 3.19. The smallest absolute Gasteiger partial charge is 0.408 e. The molecule has 31 heavy (non-hydrogen) atoms. The number of rotatable bonds is 7. The number of hydrogen-bond acceptors (Lipinski definition) is 7. The molecule has 2 N–H and O–H groups in total. The molecule has 3 rings (SSSR count). The summed E-state index contributed by atoms with van der Waals surface area (Å²) in [6.07, 6.45) is 0.390. The lowest BCUT2D eigenvalue weighted by atomic mass is 9.89. The molecule has 1 aromatic carbocycles. The predicted molar refractivity (Wildman–Crippen MR) is 108 cm³/mol. The van der Waals surface area contributed by atoms with Gasteiger partial charge in [-0.15, -0.1) is 0 Å². The largest absolute Gasteiger partial charge is 0.445 e. The zero-order valence-electron chi connectivity index (χ0n) is 17.4. The normalized spacial score (nSPS) is 17.2. The van der Waals surface area contributed by atoms with Crippen molar-refractivity contribution in [3.05, 3.63) is 48.0 Å². The summed E-state index contributed by atoms with van der Waals surface area (Å²) in [5, 5.41) is 9.13. The zero-order chi connectivity index (χ0) is 22.4. The molecule has 10 nitrogen and oxygen atoms in total. The molecule has 0 radical (unpaired) electrons. The fraction of sp³-hybridized carbons (Fsp3) is 0.429. The number of ether oxygens (including phenoxy) is 1. The third-order valence-corrected chi connectivity index (χ3v) is 5.04. The Labute approximate surface area is 179 Å². The van der Waals surface area contributed by atoms with Gasteiger partial charge in [0.2, 0.25) is 5.78 Å². The van der Waals surface area contributed by atoms with E-state index in [2.05, 4.69) is 20.7 Å². The van der Waals surface area contributed by atoms with Crippen LogP contribution in [0, 0.1) is 11.8 Å². The number of carbonyl (C=O) groups is 4. The molecule has 0 aliphatic carbocycles. The Kier molecular flexibility index (Phi) is 7.11. The Balaban J connectivity index is 1.64. The van der Waals surface area contributed by atoms with Crippen LogP contribution in [0.1, 0.15) is 31.7 Å². The highest BCUT2D eigenvalue weighted by atomic mass is 16.5. The molecule has 0 bridgehead atoms.